The van der Waals surface area contributed by atoms with Gasteiger partial charge in [0, 0.05) is 19.8 Å². The molecule has 0 fully saturated rings. The first kappa shape index (κ1) is 21.4. The number of likely N-dealkylation sites (N-methyl/N-ethyl adjacent to an activating group) is 1. The zero-order valence-electron chi connectivity index (χ0n) is 16.5. The van der Waals surface area contributed by atoms with Gasteiger partial charge in [-0.3, -0.25) is 14.9 Å². The summed E-state index contributed by atoms with van der Waals surface area (Å²) in [5.74, 6) is 0.195. The molecule has 0 saturated carbocycles. The van der Waals surface area contributed by atoms with Crippen LogP contribution in [0.2, 0.25) is 0 Å². The number of ether oxygens (including phenoxy) is 1. The molecule has 0 bridgehead atoms. The Morgan fingerprint density at radius 3 is 2.32 bits per heavy atom. The van der Waals surface area contributed by atoms with Crippen LogP contribution in [0.1, 0.15) is 29.8 Å². The van der Waals surface area contributed by atoms with Crippen molar-refractivity contribution in [3.63, 3.8) is 0 Å². The van der Waals surface area contributed by atoms with Crippen LogP contribution in [0.5, 0.6) is 5.75 Å². The van der Waals surface area contributed by atoms with Gasteiger partial charge in [-0.25, -0.2) is 0 Å². The van der Waals surface area contributed by atoms with Crippen LogP contribution < -0.4 is 15.4 Å². The van der Waals surface area contributed by atoms with Crippen molar-refractivity contribution in [2.24, 2.45) is 0 Å². The smallest absolute Gasteiger partial charge is 0.261 e. The first-order valence-corrected chi connectivity index (χ1v) is 9.34. The van der Waals surface area contributed by atoms with Crippen LogP contribution in [0.4, 0.5) is 5.69 Å². The molecular weight excluding hydrogens is 374 g/mol. The van der Waals surface area contributed by atoms with E-state index in [1.165, 1.54) is 0 Å². The summed E-state index contributed by atoms with van der Waals surface area (Å²) in [6.45, 7) is 3.80. The molecule has 0 aliphatic rings. The zero-order chi connectivity index (χ0) is 20.7. The molecule has 28 heavy (non-hydrogen) atoms. The number of nitrogens with zero attached hydrogens (tertiary/aromatic N) is 1. The van der Waals surface area contributed by atoms with Crippen molar-refractivity contribution in [1.82, 2.24) is 10.2 Å². The third-order valence-corrected chi connectivity index (χ3v) is 3.99. The lowest BCUT2D eigenvalue weighted by molar-refractivity contribution is -0.127. The standard InChI is InChI=1S/C21H25N3O3S/c1-14(2)27-18-8-6-5-7-17(18)20(26)23-21(28)22-16-11-9-15(10-12-16)13-19(25)24(3)4/h5-12,14H,13H2,1-4H3,(H2,22,23,26,28). The molecule has 0 radical (unpaired) electrons. The second-order valence-electron chi connectivity index (χ2n) is 6.73. The average molecular weight is 400 g/mol. The highest BCUT2D eigenvalue weighted by Crippen LogP contribution is 2.19. The molecule has 0 unspecified atom stereocenters. The highest BCUT2D eigenvalue weighted by molar-refractivity contribution is 7.80. The van der Waals surface area contributed by atoms with Crippen LogP contribution >= 0.6 is 12.2 Å². The van der Waals surface area contributed by atoms with Crippen LogP contribution in [-0.4, -0.2) is 42.0 Å². The number of carbonyl (C=O) groups excluding carboxylic acids is 2. The van der Waals surface area contributed by atoms with Gasteiger partial charge in [-0.15, -0.1) is 0 Å². The summed E-state index contributed by atoms with van der Waals surface area (Å²) in [4.78, 5) is 25.8. The topological polar surface area (TPSA) is 70.7 Å². The molecule has 0 spiro atoms. The van der Waals surface area contributed by atoms with Crippen LogP contribution in [0.15, 0.2) is 48.5 Å². The van der Waals surface area contributed by atoms with Gasteiger partial charge in [0.05, 0.1) is 18.1 Å². The van der Waals surface area contributed by atoms with E-state index in [1.807, 2.05) is 44.2 Å². The number of para-hydroxylation sites is 1. The van der Waals surface area contributed by atoms with E-state index in [2.05, 4.69) is 10.6 Å². The van der Waals surface area contributed by atoms with Crippen LogP contribution in [0.3, 0.4) is 0 Å². The fourth-order valence-electron chi connectivity index (χ4n) is 2.38. The highest BCUT2D eigenvalue weighted by Gasteiger charge is 2.14. The number of amides is 2. The number of carbonyl (C=O) groups is 2. The van der Waals surface area contributed by atoms with E-state index in [-0.39, 0.29) is 23.0 Å². The predicted molar refractivity (Wildman–Crippen MR) is 115 cm³/mol. The van der Waals surface area contributed by atoms with Crippen molar-refractivity contribution in [3.05, 3.63) is 59.7 Å². The van der Waals surface area contributed by atoms with E-state index in [9.17, 15) is 9.59 Å². The van der Waals surface area contributed by atoms with Crippen molar-refractivity contribution in [2.75, 3.05) is 19.4 Å². The van der Waals surface area contributed by atoms with Gasteiger partial charge in [-0.2, -0.15) is 0 Å². The molecule has 2 amide bonds. The molecule has 7 heteroatoms. The Bertz CT molecular complexity index is 848. The lowest BCUT2D eigenvalue weighted by Crippen LogP contribution is -2.34. The number of thiocarbonyl (C=S) groups is 1. The zero-order valence-corrected chi connectivity index (χ0v) is 17.3. The maximum atomic E-state index is 12.5. The Morgan fingerprint density at radius 2 is 1.71 bits per heavy atom. The molecule has 2 N–H and O–H groups in total. The minimum Gasteiger partial charge on any atom is -0.490 e. The number of hydrogen-bond donors (Lipinski definition) is 2. The van der Waals surface area contributed by atoms with E-state index in [0.29, 0.717) is 17.7 Å². The summed E-state index contributed by atoms with van der Waals surface area (Å²) >= 11 is 5.24. The Morgan fingerprint density at radius 1 is 1.07 bits per heavy atom. The second-order valence-corrected chi connectivity index (χ2v) is 7.14. The molecule has 0 aliphatic carbocycles. The van der Waals surface area contributed by atoms with Gasteiger partial charge in [0.2, 0.25) is 5.91 Å². The summed E-state index contributed by atoms with van der Waals surface area (Å²) in [6.07, 6.45) is 0.290. The first-order valence-electron chi connectivity index (χ1n) is 8.93. The SMILES string of the molecule is CC(C)Oc1ccccc1C(=O)NC(=S)Nc1ccc(CC(=O)N(C)C)cc1. The summed E-state index contributed by atoms with van der Waals surface area (Å²) in [7, 11) is 3.45. The maximum absolute atomic E-state index is 12.5. The summed E-state index contributed by atoms with van der Waals surface area (Å²) < 4.78 is 5.67. The van der Waals surface area contributed by atoms with Crippen molar-refractivity contribution in [1.29, 1.82) is 0 Å². The molecule has 0 heterocycles. The van der Waals surface area contributed by atoms with E-state index in [1.54, 1.807) is 37.2 Å². The van der Waals surface area contributed by atoms with Crippen molar-refractivity contribution in [3.8, 4) is 5.75 Å². The normalized spacial score (nSPS) is 10.3. The number of benzene rings is 2. The third-order valence-electron chi connectivity index (χ3n) is 3.79. The Labute approximate surface area is 170 Å². The lowest BCUT2D eigenvalue weighted by atomic mass is 10.1. The molecule has 2 rings (SSSR count). The molecule has 148 valence electrons. The van der Waals surface area contributed by atoms with Gasteiger partial charge >= 0.3 is 0 Å². The lowest BCUT2D eigenvalue weighted by Gasteiger charge is -2.15. The van der Waals surface area contributed by atoms with Gasteiger partial charge in [0.1, 0.15) is 5.75 Å². The fraction of sp³-hybridized carbons (Fsp3) is 0.286. The molecule has 0 aromatic heterocycles. The first-order chi connectivity index (χ1) is 13.3. The van der Waals surface area contributed by atoms with E-state index >= 15 is 0 Å². The fourth-order valence-corrected chi connectivity index (χ4v) is 2.59. The third kappa shape index (κ3) is 6.35. The van der Waals surface area contributed by atoms with Crippen molar-refractivity contribution >= 4 is 34.8 Å². The quantitative estimate of drug-likeness (QED) is 0.730. The highest BCUT2D eigenvalue weighted by atomic mass is 32.1. The van der Waals surface area contributed by atoms with E-state index in [0.717, 1.165) is 11.3 Å². The summed E-state index contributed by atoms with van der Waals surface area (Å²) in [5.41, 5.74) is 2.04. The van der Waals surface area contributed by atoms with Crippen molar-refractivity contribution < 1.29 is 14.3 Å². The molecule has 6 nitrogen and oxygen atoms in total. The van der Waals surface area contributed by atoms with Gasteiger partial charge in [-0.05, 0) is 55.9 Å². The minimum atomic E-state index is -0.345. The van der Waals surface area contributed by atoms with Crippen LogP contribution in [0.25, 0.3) is 0 Å². The van der Waals surface area contributed by atoms with Crippen LogP contribution in [-0.2, 0) is 11.2 Å². The predicted octanol–water partition coefficient (Wildman–Crippen LogP) is 3.23. The largest absolute Gasteiger partial charge is 0.490 e. The number of anilines is 1. The van der Waals surface area contributed by atoms with Gasteiger partial charge in [-0.1, -0.05) is 24.3 Å². The van der Waals surface area contributed by atoms with Crippen molar-refractivity contribution in [2.45, 2.75) is 26.4 Å². The minimum absolute atomic E-state index is 0.0331. The average Bonchev–Trinajstić information content (AvgIpc) is 2.63. The Hall–Kier alpha value is -2.93. The van der Waals surface area contributed by atoms with E-state index < -0.39 is 0 Å². The molecule has 0 atom stereocenters. The van der Waals surface area contributed by atoms with Gasteiger partial charge < -0.3 is 15.0 Å². The molecule has 0 saturated heterocycles. The van der Waals surface area contributed by atoms with Gasteiger partial charge in [0.25, 0.3) is 5.91 Å². The molecule has 0 aliphatic heterocycles. The maximum Gasteiger partial charge on any atom is 0.261 e. The Kier molecular flexibility index (Phi) is 7.52. The van der Waals surface area contributed by atoms with Crippen LogP contribution in [0, 0.1) is 0 Å². The summed E-state index contributed by atoms with van der Waals surface area (Å²) in [5, 5.41) is 5.81. The molecule has 2 aromatic rings. The van der Waals surface area contributed by atoms with E-state index in [4.69, 9.17) is 17.0 Å². The number of rotatable bonds is 6. The van der Waals surface area contributed by atoms with Gasteiger partial charge in [0.15, 0.2) is 5.11 Å². The molecule has 2 aromatic carbocycles. The number of hydrogen-bond acceptors (Lipinski definition) is 4. The summed E-state index contributed by atoms with van der Waals surface area (Å²) in [6, 6.07) is 14.3. The second kappa shape index (κ2) is 9.85. The number of nitrogens with one attached hydrogen (secondary N) is 2. The molecular formula is C21H25N3O3S. The monoisotopic (exact) mass is 399 g/mol. The Balaban J connectivity index is 1.97.